The highest BCUT2D eigenvalue weighted by molar-refractivity contribution is 5.95. The lowest BCUT2D eigenvalue weighted by atomic mass is 10.0. The van der Waals surface area contributed by atoms with Gasteiger partial charge in [-0.05, 0) is 30.0 Å². The fourth-order valence-electron chi connectivity index (χ4n) is 4.29. The normalized spacial score (nSPS) is 15.7. The number of fused-ring (bicyclic) bond motifs is 3. The van der Waals surface area contributed by atoms with E-state index in [9.17, 15) is 0 Å². The van der Waals surface area contributed by atoms with E-state index in [0.29, 0.717) is 30.7 Å². The van der Waals surface area contributed by atoms with Gasteiger partial charge in [0.1, 0.15) is 30.5 Å². The summed E-state index contributed by atoms with van der Waals surface area (Å²) >= 11 is 0. The Morgan fingerprint density at radius 2 is 2.03 bits per heavy atom. The van der Waals surface area contributed by atoms with Gasteiger partial charge in [-0.2, -0.15) is 10.2 Å². The molecule has 4 aromatic rings. The van der Waals surface area contributed by atoms with Crippen molar-refractivity contribution < 1.29 is 9.57 Å². The monoisotopic (exact) mass is 459 g/mol. The Bertz CT molecular complexity index is 1380. The number of anilines is 4. The first kappa shape index (κ1) is 20.6. The van der Waals surface area contributed by atoms with E-state index in [1.807, 2.05) is 41.9 Å². The minimum atomic E-state index is 0.419. The highest BCUT2D eigenvalue weighted by Crippen LogP contribution is 2.36. The molecule has 0 bridgehead atoms. The number of hydrogen-bond acceptors (Lipinski definition) is 10. The van der Waals surface area contributed by atoms with Crippen molar-refractivity contribution in [3.63, 3.8) is 0 Å². The highest BCUT2D eigenvalue weighted by Gasteiger charge is 2.19. The maximum Gasteiger partial charge on any atom is 0.237 e. The molecule has 2 aliphatic rings. The molecule has 0 aromatic carbocycles. The van der Waals surface area contributed by atoms with Gasteiger partial charge in [-0.1, -0.05) is 0 Å². The predicted molar refractivity (Wildman–Crippen MR) is 129 cm³/mol. The zero-order valence-corrected chi connectivity index (χ0v) is 19.0. The van der Waals surface area contributed by atoms with E-state index in [1.54, 1.807) is 12.4 Å². The summed E-state index contributed by atoms with van der Waals surface area (Å²) in [6.07, 6.45) is 3.52. The van der Waals surface area contributed by atoms with Gasteiger partial charge in [0.25, 0.3) is 0 Å². The van der Waals surface area contributed by atoms with Gasteiger partial charge in [0.15, 0.2) is 5.82 Å². The Kier molecular flexibility index (Phi) is 4.93. The second-order valence-electron chi connectivity index (χ2n) is 8.43. The second-order valence-corrected chi connectivity index (χ2v) is 8.43. The molecule has 174 valence electrons. The van der Waals surface area contributed by atoms with Crippen LogP contribution in [0.2, 0.25) is 0 Å². The number of nitrogen functional groups attached to an aromatic ring is 1. The molecule has 0 saturated heterocycles. The summed E-state index contributed by atoms with van der Waals surface area (Å²) < 4.78 is 7.61. The molecule has 0 radical (unpaired) electrons. The first-order valence-corrected chi connectivity index (χ1v) is 11.2. The fourth-order valence-corrected chi connectivity index (χ4v) is 4.29. The van der Waals surface area contributed by atoms with Gasteiger partial charge in [0, 0.05) is 49.5 Å². The molecule has 2 aliphatic heterocycles. The van der Waals surface area contributed by atoms with E-state index < -0.39 is 0 Å². The van der Waals surface area contributed by atoms with Gasteiger partial charge in [0.05, 0.1) is 17.9 Å². The molecule has 0 amide bonds. The number of likely N-dealkylation sites (N-methyl/N-ethyl adjacent to an activating group) is 1. The van der Waals surface area contributed by atoms with Crippen molar-refractivity contribution >= 4 is 33.9 Å². The van der Waals surface area contributed by atoms with E-state index >= 15 is 0 Å². The summed E-state index contributed by atoms with van der Waals surface area (Å²) in [5, 5.41) is 14.9. The minimum absolute atomic E-state index is 0.419. The lowest BCUT2D eigenvalue weighted by Gasteiger charge is -2.21. The summed E-state index contributed by atoms with van der Waals surface area (Å²) in [6.45, 7) is 5.40. The number of hydroxylamine groups is 2. The summed E-state index contributed by atoms with van der Waals surface area (Å²) in [6, 6.07) is 5.94. The van der Waals surface area contributed by atoms with Crippen LogP contribution >= 0.6 is 0 Å². The Balaban J connectivity index is 1.34. The molecule has 4 N–H and O–H groups in total. The zero-order valence-electron chi connectivity index (χ0n) is 19.0. The van der Waals surface area contributed by atoms with Crippen LogP contribution in [-0.2, 0) is 18.0 Å². The third kappa shape index (κ3) is 3.64. The number of nitrogens with zero attached hydrogens (tertiary/aromatic N) is 6. The third-order valence-corrected chi connectivity index (χ3v) is 6.15. The molecule has 0 aliphatic carbocycles. The third-order valence-electron chi connectivity index (χ3n) is 6.15. The van der Waals surface area contributed by atoms with Crippen LogP contribution < -0.4 is 21.1 Å². The van der Waals surface area contributed by atoms with E-state index in [-0.39, 0.29) is 0 Å². The quantitative estimate of drug-likeness (QED) is 0.421. The fraction of sp³-hybridized carbons (Fsp3) is 0.304. The van der Waals surface area contributed by atoms with Crippen molar-refractivity contribution in [2.24, 2.45) is 0 Å². The minimum Gasteiger partial charge on any atom is -0.474 e. The second kappa shape index (κ2) is 8.12. The number of nitrogens with two attached hydrogens (primary N) is 1. The number of ether oxygens (including phenoxy) is 1. The molecule has 6 rings (SSSR count). The zero-order chi connectivity index (χ0) is 23.2. The Hall–Kier alpha value is -3.96. The Labute approximate surface area is 195 Å². The maximum absolute atomic E-state index is 6.31. The van der Waals surface area contributed by atoms with Gasteiger partial charge in [-0.15, -0.1) is 0 Å². The summed E-state index contributed by atoms with van der Waals surface area (Å²) in [5.74, 6) is 2.43. The first-order valence-electron chi connectivity index (χ1n) is 11.2. The van der Waals surface area contributed by atoms with Crippen LogP contribution in [0.4, 0.5) is 23.1 Å². The lowest BCUT2D eigenvalue weighted by molar-refractivity contribution is -0.145. The summed E-state index contributed by atoms with van der Waals surface area (Å²) in [7, 11) is 1.92. The topological polar surface area (TPSA) is 128 Å². The van der Waals surface area contributed by atoms with Crippen LogP contribution in [0.25, 0.3) is 22.0 Å². The predicted octanol–water partition coefficient (Wildman–Crippen LogP) is 2.70. The van der Waals surface area contributed by atoms with Crippen molar-refractivity contribution in [2.75, 3.05) is 43.1 Å². The first-order chi connectivity index (χ1) is 16.5. The van der Waals surface area contributed by atoms with Crippen molar-refractivity contribution in [2.45, 2.75) is 20.1 Å². The van der Waals surface area contributed by atoms with E-state index in [2.05, 4.69) is 30.7 Å². The summed E-state index contributed by atoms with van der Waals surface area (Å²) in [4.78, 5) is 19.3. The number of rotatable bonds is 3. The van der Waals surface area contributed by atoms with Crippen LogP contribution in [0.15, 0.2) is 30.6 Å². The molecule has 6 heterocycles. The van der Waals surface area contributed by atoms with Gasteiger partial charge in [0.2, 0.25) is 5.88 Å². The summed E-state index contributed by atoms with van der Waals surface area (Å²) in [5.41, 5.74) is 10.9. The van der Waals surface area contributed by atoms with Crippen molar-refractivity contribution in [3.8, 4) is 17.1 Å². The molecule has 4 aromatic heterocycles. The van der Waals surface area contributed by atoms with Gasteiger partial charge < -0.3 is 21.1 Å². The maximum atomic E-state index is 6.31. The van der Waals surface area contributed by atoms with Gasteiger partial charge in [-0.25, -0.2) is 15.0 Å². The molecule has 34 heavy (non-hydrogen) atoms. The molecular weight excluding hydrogens is 434 g/mol. The number of pyridine rings is 3. The molecule has 0 atom stereocenters. The van der Waals surface area contributed by atoms with Crippen LogP contribution in [0.5, 0.6) is 5.88 Å². The largest absolute Gasteiger partial charge is 0.474 e. The van der Waals surface area contributed by atoms with E-state index in [4.69, 9.17) is 15.3 Å². The van der Waals surface area contributed by atoms with Crippen molar-refractivity contribution in [1.29, 1.82) is 0 Å². The number of hydrogen-bond donors (Lipinski definition) is 3. The molecule has 11 heteroatoms. The smallest absolute Gasteiger partial charge is 0.237 e. The number of aromatic nitrogens is 5. The number of nitrogens with one attached hydrogen (secondary N) is 2. The highest BCUT2D eigenvalue weighted by atomic mass is 16.7. The van der Waals surface area contributed by atoms with Crippen molar-refractivity contribution in [3.05, 3.63) is 41.9 Å². The Morgan fingerprint density at radius 3 is 2.94 bits per heavy atom. The lowest BCUT2D eigenvalue weighted by Crippen LogP contribution is -2.20. The average Bonchev–Trinajstić information content (AvgIpc) is 3.14. The van der Waals surface area contributed by atoms with Gasteiger partial charge >= 0.3 is 0 Å². The Morgan fingerprint density at radius 1 is 1.12 bits per heavy atom. The van der Waals surface area contributed by atoms with Crippen LogP contribution in [-0.4, -0.2) is 56.5 Å². The van der Waals surface area contributed by atoms with E-state index in [0.717, 1.165) is 64.4 Å². The molecule has 0 spiro atoms. The van der Waals surface area contributed by atoms with Crippen LogP contribution in [0, 0.1) is 6.92 Å². The van der Waals surface area contributed by atoms with Crippen LogP contribution in [0.1, 0.15) is 11.3 Å². The van der Waals surface area contributed by atoms with Gasteiger partial charge in [-0.3, -0.25) is 9.52 Å². The molecule has 11 nitrogen and oxygen atoms in total. The molecular formula is C23H25N9O2. The molecule has 0 fully saturated rings. The van der Waals surface area contributed by atoms with Crippen molar-refractivity contribution in [1.82, 2.24) is 29.8 Å². The van der Waals surface area contributed by atoms with E-state index in [1.165, 1.54) is 0 Å². The molecule has 0 saturated carbocycles. The SMILES string of the molecule is Cc1c(-c2cc3cc(Nc4cc5n(n4)CCN(C)OC5)ncc3c(N)n2)cnc2c1NCCO2. The average molecular weight is 460 g/mol. The standard InChI is InChI=1S/C23H25N9O2/c1-13-16(10-27-23-21(13)25-3-6-33-23)18-7-14-8-19(26-11-17(14)22(24)28-18)29-20-9-15-12-34-31(2)4-5-32(15)30-20/h7-11,25H,3-6,12H2,1-2H3,(H2,24,28)(H,26,29,30). The molecule has 0 unspecified atom stereocenters. The van der Waals surface area contributed by atoms with Crippen LogP contribution in [0.3, 0.4) is 0 Å².